The molecule has 3 rings (SSSR count). The summed E-state index contributed by atoms with van der Waals surface area (Å²) >= 11 is 0. The molecule has 4 nitrogen and oxygen atoms in total. The van der Waals surface area contributed by atoms with Gasteiger partial charge >= 0.3 is 5.97 Å². The molecule has 0 unspecified atom stereocenters. The zero-order valence-electron chi connectivity index (χ0n) is 17.6. The van der Waals surface area contributed by atoms with Gasteiger partial charge in [-0.2, -0.15) is 0 Å². The van der Waals surface area contributed by atoms with E-state index in [2.05, 4.69) is 49.9 Å². The van der Waals surface area contributed by atoms with Gasteiger partial charge in [-0.25, -0.2) is 0 Å². The van der Waals surface area contributed by atoms with E-state index in [0.29, 0.717) is 6.42 Å². The van der Waals surface area contributed by atoms with E-state index in [9.17, 15) is 9.90 Å². The number of ether oxygens (including phenoxy) is 1. The highest BCUT2D eigenvalue weighted by atomic mass is 16.5. The molecule has 0 saturated carbocycles. The van der Waals surface area contributed by atoms with E-state index >= 15 is 0 Å². The van der Waals surface area contributed by atoms with Crippen LogP contribution in [0, 0.1) is 12.3 Å². The van der Waals surface area contributed by atoms with E-state index in [1.54, 1.807) is 13.8 Å². The number of carboxylic acid groups (broad SMARTS) is 1. The summed E-state index contributed by atoms with van der Waals surface area (Å²) in [5.41, 5.74) is 3.70. The van der Waals surface area contributed by atoms with Crippen LogP contribution in [0.4, 0.5) is 0 Å². The van der Waals surface area contributed by atoms with Gasteiger partial charge in [0, 0.05) is 25.2 Å². The summed E-state index contributed by atoms with van der Waals surface area (Å²) in [6, 6.07) is 14.6. The normalized spacial score (nSPS) is 16.8. The Balaban J connectivity index is 1.84. The summed E-state index contributed by atoms with van der Waals surface area (Å²) in [6.07, 6.45) is 0.521. The molecule has 0 saturated heterocycles. The van der Waals surface area contributed by atoms with E-state index in [-0.39, 0.29) is 5.60 Å². The van der Waals surface area contributed by atoms with Gasteiger partial charge in [-0.1, -0.05) is 36.4 Å². The fraction of sp³-hybridized carbons (Fsp3) is 0.458. The fourth-order valence-corrected chi connectivity index (χ4v) is 3.84. The van der Waals surface area contributed by atoms with Crippen molar-refractivity contribution >= 4 is 5.97 Å². The van der Waals surface area contributed by atoms with Crippen LogP contribution >= 0.6 is 0 Å². The average molecular weight is 382 g/mol. The molecule has 2 aromatic rings. The number of carboxylic acids is 1. The minimum Gasteiger partial charge on any atom is -0.486 e. The second kappa shape index (κ2) is 7.59. The molecule has 0 spiro atoms. The second-order valence-corrected chi connectivity index (χ2v) is 9.24. The van der Waals surface area contributed by atoms with E-state index in [0.717, 1.165) is 30.9 Å². The van der Waals surface area contributed by atoms with Gasteiger partial charge < -0.3 is 9.84 Å². The number of benzene rings is 2. The van der Waals surface area contributed by atoms with Crippen molar-refractivity contribution in [2.24, 2.45) is 5.41 Å². The van der Waals surface area contributed by atoms with Crippen LogP contribution in [0.2, 0.25) is 0 Å². The van der Waals surface area contributed by atoms with Crippen LogP contribution in [0.1, 0.15) is 49.9 Å². The molecule has 1 heterocycles. The van der Waals surface area contributed by atoms with E-state index in [1.165, 1.54) is 16.7 Å². The van der Waals surface area contributed by atoms with E-state index < -0.39 is 11.4 Å². The first-order chi connectivity index (χ1) is 13.1. The van der Waals surface area contributed by atoms with Crippen LogP contribution in [0.5, 0.6) is 5.75 Å². The van der Waals surface area contributed by atoms with Crippen LogP contribution < -0.4 is 4.74 Å². The molecule has 4 heteroatoms. The van der Waals surface area contributed by atoms with Gasteiger partial charge in [0.1, 0.15) is 11.4 Å². The van der Waals surface area contributed by atoms with Crippen molar-refractivity contribution in [1.82, 2.24) is 4.90 Å². The number of hydrogen-bond donors (Lipinski definition) is 1. The molecule has 1 N–H and O–H groups in total. The Kier molecular flexibility index (Phi) is 5.53. The number of carbonyl (C=O) groups is 1. The highest BCUT2D eigenvalue weighted by molar-refractivity contribution is 5.74. The van der Waals surface area contributed by atoms with Crippen LogP contribution in [0.15, 0.2) is 42.5 Å². The van der Waals surface area contributed by atoms with Gasteiger partial charge in [-0.15, -0.1) is 0 Å². The number of nitrogens with zero attached hydrogens (tertiary/aromatic N) is 1. The van der Waals surface area contributed by atoms with Crippen molar-refractivity contribution in [2.75, 3.05) is 6.54 Å². The van der Waals surface area contributed by atoms with Crippen LogP contribution in [-0.2, 0) is 24.3 Å². The largest absolute Gasteiger partial charge is 0.486 e. The first-order valence-corrected chi connectivity index (χ1v) is 9.87. The third-order valence-corrected chi connectivity index (χ3v) is 5.39. The van der Waals surface area contributed by atoms with E-state index in [1.807, 2.05) is 18.2 Å². The standard InChI is InChI=1S/C24H31NO3/c1-17-10-11-18(13-23(2,3)22(26)27)12-20(17)15-25-14-19-8-6-7-9-21(19)28-24(4,5)16-25/h6-12H,13-16H2,1-5H3,(H,26,27). The molecule has 0 fully saturated rings. The summed E-state index contributed by atoms with van der Waals surface area (Å²) < 4.78 is 6.25. The Bertz CT molecular complexity index is 870. The van der Waals surface area contributed by atoms with Crippen LogP contribution in [0.3, 0.4) is 0 Å². The smallest absolute Gasteiger partial charge is 0.309 e. The van der Waals surface area contributed by atoms with Crippen molar-refractivity contribution in [3.63, 3.8) is 0 Å². The SMILES string of the molecule is Cc1ccc(CC(C)(C)C(=O)O)cc1CN1Cc2ccccc2OC(C)(C)C1. The predicted octanol–water partition coefficient (Wildman–Crippen LogP) is 4.82. The maximum absolute atomic E-state index is 11.5. The lowest BCUT2D eigenvalue weighted by atomic mass is 9.85. The van der Waals surface area contributed by atoms with Gasteiger partial charge in [0.2, 0.25) is 0 Å². The topological polar surface area (TPSA) is 49.8 Å². The first kappa shape index (κ1) is 20.4. The van der Waals surface area contributed by atoms with Gasteiger partial charge in [-0.3, -0.25) is 9.69 Å². The third kappa shape index (κ3) is 4.74. The van der Waals surface area contributed by atoms with Crippen LogP contribution in [-0.4, -0.2) is 28.1 Å². The Morgan fingerprint density at radius 1 is 1.21 bits per heavy atom. The molecule has 0 atom stereocenters. The maximum atomic E-state index is 11.5. The molecule has 0 aromatic heterocycles. The first-order valence-electron chi connectivity index (χ1n) is 9.87. The summed E-state index contributed by atoms with van der Waals surface area (Å²) in [4.78, 5) is 13.9. The van der Waals surface area contributed by atoms with Gasteiger partial charge in [0.15, 0.2) is 0 Å². The zero-order chi connectivity index (χ0) is 20.5. The van der Waals surface area contributed by atoms with Gasteiger partial charge in [0.05, 0.1) is 5.41 Å². The number of rotatable bonds is 5. The van der Waals surface area contributed by atoms with Crippen molar-refractivity contribution < 1.29 is 14.6 Å². The lowest BCUT2D eigenvalue weighted by Gasteiger charge is -2.30. The quantitative estimate of drug-likeness (QED) is 0.807. The molecular formula is C24H31NO3. The highest BCUT2D eigenvalue weighted by Gasteiger charge is 2.30. The molecular weight excluding hydrogens is 350 g/mol. The fourth-order valence-electron chi connectivity index (χ4n) is 3.84. The second-order valence-electron chi connectivity index (χ2n) is 9.24. The van der Waals surface area contributed by atoms with Crippen LogP contribution in [0.25, 0.3) is 0 Å². The summed E-state index contributed by atoms with van der Waals surface area (Å²) in [7, 11) is 0. The van der Waals surface area contributed by atoms with E-state index in [4.69, 9.17) is 4.74 Å². The summed E-state index contributed by atoms with van der Waals surface area (Å²) in [5, 5.41) is 9.45. The minimum absolute atomic E-state index is 0.274. The molecule has 0 aliphatic carbocycles. The predicted molar refractivity (Wildman–Crippen MR) is 112 cm³/mol. The number of hydrogen-bond acceptors (Lipinski definition) is 3. The monoisotopic (exact) mass is 381 g/mol. The molecule has 28 heavy (non-hydrogen) atoms. The lowest BCUT2D eigenvalue weighted by molar-refractivity contribution is -0.146. The molecule has 2 aromatic carbocycles. The number of aryl methyl sites for hydroxylation is 1. The molecule has 0 amide bonds. The summed E-state index contributed by atoms with van der Waals surface area (Å²) in [5.74, 6) is 0.196. The molecule has 0 bridgehead atoms. The molecule has 1 aliphatic heterocycles. The molecule has 1 aliphatic rings. The number of fused-ring (bicyclic) bond motifs is 1. The minimum atomic E-state index is -0.774. The average Bonchev–Trinajstić information content (AvgIpc) is 2.71. The van der Waals surface area contributed by atoms with Crippen molar-refractivity contribution in [3.05, 3.63) is 64.7 Å². The van der Waals surface area contributed by atoms with Gasteiger partial charge in [0.25, 0.3) is 0 Å². The Labute approximate surface area is 168 Å². The Hall–Kier alpha value is -2.33. The van der Waals surface area contributed by atoms with Gasteiger partial charge in [-0.05, 0) is 63.8 Å². The van der Waals surface area contributed by atoms with Crippen molar-refractivity contribution in [3.8, 4) is 5.75 Å². The lowest BCUT2D eigenvalue weighted by Crippen LogP contribution is -2.40. The van der Waals surface area contributed by atoms with Crippen molar-refractivity contribution in [2.45, 2.75) is 59.7 Å². The Morgan fingerprint density at radius 3 is 2.64 bits per heavy atom. The molecule has 0 radical (unpaired) electrons. The number of aliphatic carboxylic acids is 1. The summed E-state index contributed by atoms with van der Waals surface area (Å²) in [6.45, 7) is 12.4. The zero-order valence-corrected chi connectivity index (χ0v) is 17.6. The Morgan fingerprint density at radius 2 is 1.93 bits per heavy atom. The van der Waals surface area contributed by atoms with Crippen molar-refractivity contribution in [1.29, 1.82) is 0 Å². The number of para-hydroxylation sites is 1. The molecule has 150 valence electrons. The third-order valence-electron chi connectivity index (χ3n) is 5.39. The maximum Gasteiger partial charge on any atom is 0.309 e. The highest BCUT2D eigenvalue weighted by Crippen LogP contribution is 2.31.